The maximum atomic E-state index is 12.6. The number of carbonyl (C=O) groups is 1. The fraction of sp³-hybridized carbons (Fsp3) is 0.300. The number of hydrogen-bond acceptors (Lipinski definition) is 3. The van der Waals surface area contributed by atoms with Crippen LogP contribution in [0.15, 0.2) is 12.1 Å². The van der Waals surface area contributed by atoms with E-state index in [1.165, 1.54) is 0 Å². The second kappa shape index (κ2) is 4.93. The molecule has 0 saturated carbocycles. The minimum absolute atomic E-state index is 0.318. The quantitative estimate of drug-likeness (QED) is 0.839. The summed E-state index contributed by atoms with van der Waals surface area (Å²) in [6.45, 7) is -0.866. The molecule has 94 valence electrons. The molecule has 0 spiro atoms. The van der Waals surface area contributed by atoms with Crippen LogP contribution in [0.1, 0.15) is 21.5 Å². The molecule has 1 N–H and O–H groups in total. The summed E-state index contributed by atoms with van der Waals surface area (Å²) in [5.41, 5.74) is -1.93. The van der Waals surface area contributed by atoms with Crippen LogP contribution in [0.2, 0.25) is 5.02 Å². The number of hydrogen-bond donors (Lipinski definition) is 1. The molecule has 0 aromatic heterocycles. The highest BCUT2D eigenvalue weighted by Crippen LogP contribution is 2.36. The monoisotopic (exact) mass is 268 g/mol. The number of carbonyl (C=O) groups excluding carboxylic acids is 1. The van der Waals surface area contributed by atoms with E-state index in [1.807, 2.05) is 0 Å². The van der Waals surface area contributed by atoms with Gasteiger partial charge in [0, 0.05) is 10.6 Å². The van der Waals surface area contributed by atoms with Gasteiger partial charge in [-0.25, -0.2) is 4.79 Å². The van der Waals surface area contributed by atoms with Crippen LogP contribution in [-0.4, -0.2) is 18.2 Å². The Bertz CT molecular complexity index is 443. The molecular formula is C10H8ClF3O3. The molecule has 0 fully saturated rings. The first kappa shape index (κ1) is 13.8. The summed E-state index contributed by atoms with van der Waals surface area (Å²) in [6.07, 6.45) is -4.70. The third kappa shape index (κ3) is 2.89. The van der Waals surface area contributed by atoms with Crippen LogP contribution in [-0.2, 0) is 17.5 Å². The highest BCUT2D eigenvalue weighted by atomic mass is 35.5. The molecule has 0 bridgehead atoms. The smallest absolute Gasteiger partial charge is 0.416 e. The van der Waals surface area contributed by atoms with Gasteiger partial charge in [0.25, 0.3) is 0 Å². The Kier molecular flexibility index (Phi) is 4.00. The van der Waals surface area contributed by atoms with Gasteiger partial charge in [-0.15, -0.1) is 0 Å². The van der Waals surface area contributed by atoms with E-state index in [0.29, 0.717) is 6.07 Å². The molecule has 0 saturated heterocycles. The van der Waals surface area contributed by atoms with E-state index in [1.54, 1.807) is 0 Å². The molecule has 1 aromatic carbocycles. The van der Waals surface area contributed by atoms with Crippen molar-refractivity contribution >= 4 is 17.6 Å². The van der Waals surface area contributed by atoms with Gasteiger partial charge in [0.2, 0.25) is 0 Å². The highest BCUT2D eigenvalue weighted by molar-refractivity contribution is 6.31. The Morgan fingerprint density at radius 2 is 2.06 bits per heavy atom. The normalized spacial score (nSPS) is 11.4. The van der Waals surface area contributed by atoms with Gasteiger partial charge in [0.1, 0.15) is 0 Å². The summed E-state index contributed by atoms with van der Waals surface area (Å²) in [7, 11) is 1.05. The van der Waals surface area contributed by atoms with Crippen molar-refractivity contribution in [1.29, 1.82) is 0 Å². The number of aliphatic hydroxyl groups excluding tert-OH is 1. The van der Waals surface area contributed by atoms with Crippen molar-refractivity contribution in [3.05, 3.63) is 33.8 Å². The van der Waals surface area contributed by atoms with Gasteiger partial charge in [0.15, 0.2) is 0 Å². The highest BCUT2D eigenvalue weighted by Gasteiger charge is 2.35. The van der Waals surface area contributed by atoms with E-state index in [-0.39, 0.29) is 10.6 Å². The van der Waals surface area contributed by atoms with E-state index in [4.69, 9.17) is 16.7 Å². The van der Waals surface area contributed by atoms with E-state index >= 15 is 0 Å². The molecule has 7 heteroatoms. The topological polar surface area (TPSA) is 46.5 Å². The summed E-state index contributed by atoms with van der Waals surface area (Å²) in [5.74, 6) is -0.929. The number of aliphatic hydroxyl groups is 1. The summed E-state index contributed by atoms with van der Waals surface area (Å²) in [5, 5.41) is 8.52. The zero-order valence-corrected chi connectivity index (χ0v) is 9.39. The van der Waals surface area contributed by atoms with Crippen molar-refractivity contribution in [3.8, 4) is 0 Å². The zero-order chi connectivity index (χ0) is 13.2. The van der Waals surface area contributed by atoms with Crippen molar-refractivity contribution < 1.29 is 27.8 Å². The zero-order valence-electron chi connectivity index (χ0n) is 8.64. The Morgan fingerprint density at radius 1 is 1.47 bits per heavy atom. The van der Waals surface area contributed by atoms with Gasteiger partial charge in [-0.05, 0) is 12.1 Å². The second-order valence-electron chi connectivity index (χ2n) is 3.13. The summed E-state index contributed by atoms with van der Waals surface area (Å²) >= 11 is 5.57. The van der Waals surface area contributed by atoms with E-state index in [2.05, 4.69) is 4.74 Å². The van der Waals surface area contributed by atoms with Crippen LogP contribution in [0.3, 0.4) is 0 Å². The van der Waals surface area contributed by atoms with Crippen LogP contribution < -0.4 is 0 Å². The number of ether oxygens (including phenoxy) is 1. The van der Waals surface area contributed by atoms with Crippen molar-refractivity contribution in [2.75, 3.05) is 7.11 Å². The van der Waals surface area contributed by atoms with Gasteiger partial charge >= 0.3 is 12.1 Å². The maximum Gasteiger partial charge on any atom is 0.416 e. The van der Waals surface area contributed by atoms with Crippen LogP contribution >= 0.6 is 11.6 Å². The number of alkyl halides is 3. The van der Waals surface area contributed by atoms with Gasteiger partial charge in [-0.3, -0.25) is 0 Å². The van der Waals surface area contributed by atoms with Crippen molar-refractivity contribution in [1.82, 2.24) is 0 Å². The lowest BCUT2D eigenvalue weighted by molar-refractivity contribution is -0.138. The standard InChI is InChI=1S/C10H8ClF3O3/c1-17-9(16)5-2-7(10(12,13)14)6(4-15)8(11)3-5/h2-3,15H,4H2,1H3. The summed E-state index contributed by atoms with van der Waals surface area (Å²) in [4.78, 5) is 11.1. The predicted molar refractivity (Wildman–Crippen MR) is 53.7 cm³/mol. The lowest BCUT2D eigenvalue weighted by Gasteiger charge is -2.14. The molecule has 3 nitrogen and oxygen atoms in total. The third-order valence-corrected chi connectivity index (χ3v) is 2.42. The molecular weight excluding hydrogens is 261 g/mol. The first-order chi connectivity index (χ1) is 7.81. The average molecular weight is 269 g/mol. The maximum absolute atomic E-state index is 12.6. The number of benzene rings is 1. The van der Waals surface area contributed by atoms with Gasteiger partial charge in [-0.1, -0.05) is 11.6 Å². The fourth-order valence-electron chi connectivity index (χ4n) is 1.29. The Morgan fingerprint density at radius 3 is 2.47 bits per heavy atom. The third-order valence-electron chi connectivity index (χ3n) is 2.08. The van der Waals surface area contributed by atoms with Crippen molar-refractivity contribution in [2.45, 2.75) is 12.8 Å². The molecule has 0 aliphatic heterocycles. The van der Waals surface area contributed by atoms with Gasteiger partial charge < -0.3 is 9.84 Å². The predicted octanol–water partition coefficient (Wildman–Crippen LogP) is 2.64. The van der Waals surface area contributed by atoms with Crippen LogP contribution in [0.25, 0.3) is 0 Å². The van der Waals surface area contributed by atoms with E-state index < -0.39 is 29.9 Å². The number of rotatable bonds is 2. The fourth-order valence-corrected chi connectivity index (χ4v) is 1.57. The molecule has 0 unspecified atom stereocenters. The Balaban J connectivity index is 3.44. The minimum Gasteiger partial charge on any atom is -0.465 e. The number of esters is 1. The first-order valence-corrected chi connectivity index (χ1v) is 4.77. The Hall–Kier alpha value is -1.27. The lowest BCUT2D eigenvalue weighted by Crippen LogP contribution is -2.13. The second-order valence-corrected chi connectivity index (χ2v) is 3.54. The summed E-state index contributed by atoms with van der Waals surface area (Å²) in [6, 6.07) is 1.62. The number of methoxy groups -OCH3 is 1. The molecule has 0 aliphatic carbocycles. The molecule has 1 rings (SSSR count). The molecule has 0 radical (unpaired) electrons. The average Bonchev–Trinajstić information content (AvgIpc) is 2.25. The van der Waals surface area contributed by atoms with E-state index in [0.717, 1.165) is 13.2 Å². The van der Waals surface area contributed by atoms with Gasteiger partial charge in [-0.2, -0.15) is 13.2 Å². The lowest BCUT2D eigenvalue weighted by atomic mass is 10.0. The Labute approximate surface area is 99.8 Å². The summed E-state index contributed by atoms with van der Waals surface area (Å²) < 4.78 is 42.2. The first-order valence-electron chi connectivity index (χ1n) is 4.40. The molecule has 17 heavy (non-hydrogen) atoms. The largest absolute Gasteiger partial charge is 0.465 e. The van der Waals surface area contributed by atoms with E-state index in [9.17, 15) is 18.0 Å². The van der Waals surface area contributed by atoms with Crippen LogP contribution in [0, 0.1) is 0 Å². The minimum atomic E-state index is -4.70. The van der Waals surface area contributed by atoms with Gasteiger partial charge in [0.05, 0.1) is 24.8 Å². The molecule has 0 heterocycles. The SMILES string of the molecule is COC(=O)c1cc(Cl)c(CO)c(C(F)(F)F)c1. The molecule has 1 aromatic rings. The molecule has 0 aliphatic rings. The van der Waals surface area contributed by atoms with Crippen molar-refractivity contribution in [2.24, 2.45) is 0 Å². The van der Waals surface area contributed by atoms with Crippen molar-refractivity contribution in [3.63, 3.8) is 0 Å². The molecule has 0 atom stereocenters. The van der Waals surface area contributed by atoms with Crippen LogP contribution in [0.4, 0.5) is 13.2 Å². The van der Waals surface area contributed by atoms with Crippen LogP contribution in [0.5, 0.6) is 0 Å². The molecule has 0 amide bonds. The number of halogens is 4.